The molecule has 1 atom stereocenters. The number of rotatable bonds is 2. The van der Waals surface area contributed by atoms with Gasteiger partial charge < -0.3 is 5.73 Å². The molecule has 7 heteroatoms. The van der Waals surface area contributed by atoms with Crippen LogP contribution in [0.4, 0.5) is 17.6 Å². The Morgan fingerprint density at radius 1 is 1.00 bits per heavy atom. The summed E-state index contributed by atoms with van der Waals surface area (Å²) in [5, 5.41) is 0.618. The van der Waals surface area contributed by atoms with Gasteiger partial charge in [0.2, 0.25) is 0 Å². The first kappa shape index (κ1) is 16.1. The summed E-state index contributed by atoms with van der Waals surface area (Å²) in [5.74, 6) is -1.35. The first-order valence-corrected chi connectivity index (χ1v) is 6.53. The van der Waals surface area contributed by atoms with Crippen LogP contribution in [-0.4, -0.2) is 0 Å². The van der Waals surface area contributed by atoms with Gasteiger partial charge in [0.05, 0.1) is 11.6 Å². The Kier molecular flexibility index (Phi) is 4.46. The van der Waals surface area contributed by atoms with E-state index in [1.165, 1.54) is 24.3 Å². The van der Waals surface area contributed by atoms with E-state index in [9.17, 15) is 17.6 Å². The Hall–Kier alpha value is -1.30. The minimum atomic E-state index is -4.79. The van der Waals surface area contributed by atoms with Crippen molar-refractivity contribution in [2.24, 2.45) is 5.73 Å². The highest BCUT2D eigenvalue weighted by molar-refractivity contribution is 6.33. The number of benzene rings is 2. The van der Waals surface area contributed by atoms with Crippen molar-refractivity contribution in [1.29, 1.82) is 0 Å². The number of hydrogen-bond acceptors (Lipinski definition) is 1. The normalized spacial score (nSPS) is 13.3. The van der Waals surface area contributed by atoms with Crippen LogP contribution in [0.5, 0.6) is 0 Å². The first-order valence-electron chi connectivity index (χ1n) is 5.77. The van der Waals surface area contributed by atoms with Gasteiger partial charge in [-0.1, -0.05) is 29.3 Å². The van der Waals surface area contributed by atoms with Crippen LogP contribution >= 0.6 is 23.2 Å². The van der Waals surface area contributed by atoms with Crippen LogP contribution in [-0.2, 0) is 6.18 Å². The first-order chi connectivity index (χ1) is 9.70. The van der Waals surface area contributed by atoms with Gasteiger partial charge in [-0.2, -0.15) is 13.2 Å². The summed E-state index contributed by atoms with van der Waals surface area (Å²) in [5.41, 5.74) is 5.00. The molecule has 112 valence electrons. The van der Waals surface area contributed by atoms with Crippen LogP contribution in [0.3, 0.4) is 0 Å². The minimum absolute atomic E-state index is 0.0906. The van der Waals surface area contributed by atoms with Gasteiger partial charge >= 0.3 is 6.18 Å². The molecule has 0 amide bonds. The molecule has 1 unspecified atom stereocenters. The lowest BCUT2D eigenvalue weighted by Crippen LogP contribution is -2.15. The number of alkyl halides is 3. The molecule has 0 heterocycles. The zero-order chi connectivity index (χ0) is 15.8. The zero-order valence-corrected chi connectivity index (χ0v) is 11.9. The molecule has 0 fully saturated rings. The fourth-order valence-electron chi connectivity index (χ4n) is 1.89. The quantitative estimate of drug-likeness (QED) is 0.749. The van der Waals surface area contributed by atoms with Crippen LogP contribution in [0.15, 0.2) is 36.4 Å². The lowest BCUT2D eigenvalue weighted by Gasteiger charge is -2.17. The number of hydrogen-bond donors (Lipinski definition) is 1. The van der Waals surface area contributed by atoms with Crippen molar-refractivity contribution in [2.75, 3.05) is 0 Å². The van der Waals surface area contributed by atoms with Gasteiger partial charge in [-0.25, -0.2) is 4.39 Å². The number of nitrogens with two attached hydrogens (primary N) is 1. The predicted octanol–water partition coefficient (Wildman–Crippen LogP) is 5.20. The zero-order valence-electron chi connectivity index (χ0n) is 10.4. The molecule has 0 aliphatic carbocycles. The lowest BCUT2D eigenvalue weighted by molar-refractivity contribution is -0.140. The van der Waals surface area contributed by atoms with Gasteiger partial charge in [0.25, 0.3) is 0 Å². The summed E-state index contributed by atoms with van der Waals surface area (Å²) in [4.78, 5) is 0. The smallest absolute Gasteiger partial charge is 0.320 e. The van der Waals surface area contributed by atoms with E-state index in [0.29, 0.717) is 16.7 Å². The molecule has 0 saturated carbocycles. The van der Waals surface area contributed by atoms with Crippen molar-refractivity contribution in [3.05, 3.63) is 69.0 Å². The van der Waals surface area contributed by atoms with Crippen LogP contribution in [0.25, 0.3) is 0 Å². The lowest BCUT2D eigenvalue weighted by atomic mass is 9.97. The van der Waals surface area contributed by atoms with E-state index >= 15 is 0 Å². The molecule has 0 spiro atoms. The molecule has 0 bridgehead atoms. The van der Waals surface area contributed by atoms with Gasteiger partial charge in [-0.15, -0.1) is 0 Å². The SMILES string of the molecule is NC(c1ccc(F)c(C(F)(F)F)c1)c1cc(Cl)ccc1Cl. The minimum Gasteiger partial charge on any atom is -0.320 e. The highest BCUT2D eigenvalue weighted by Gasteiger charge is 2.34. The highest BCUT2D eigenvalue weighted by atomic mass is 35.5. The predicted molar refractivity (Wildman–Crippen MR) is 73.9 cm³/mol. The Morgan fingerprint density at radius 2 is 1.67 bits per heavy atom. The molecule has 0 aromatic heterocycles. The second kappa shape index (κ2) is 5.83. The fraction of sp³-hybridized carbons (Fsp3) is 0.143. The maximum Gasteiger partial charge on any atom is 0.419 e. The van der Waals surface area contributed by atoms with Crippen LogP contribution < -0.4 is 5.73 Å². The summed E-state index contributed by atoms with van der Waals surface area (Å²) in [6, 6.07) is 6.14. The second-order valence-electron chi connectivity index (χ2n) is 4.38. The molecule has 0 saturated heterocycles. The summed E-state index contributed by atoms with van der Waals surface area (Å²) < 4.78 is 51.4. The summed E-state index contributed by atoms with van der Waals surface area (Å²) >= 11 is 11.8. The highest BCUT2D eigenvalue weighted by Crippen LogP contribution is 2.35. The average molecular weight is 338 g/mol. The molecular formula is C14H9Cl2F4N. The fourth-order valence-corrected chi connectivity index (χ4v) is 2.30. The number of halogens is 6. The molecule has 1 nitrogen and oxygen atoms in total. The molecule has 2 N–H and O–H groups in total. The topological polar surface area (TPSA) is 26.0 Å². The van der Waals surface area contributed by atoms with Crippen molar-refractivity contribution in [1.82, 2.24) is 0 Å². The van der Waals surface area contributed by atoms with E-state index in [4.69, 9.17) is 28.9 Å². The molecule has 21 heavy (non-hydrogen) atoms. The summed E-state index contributed by atoms with van der Waals surface area (Å²) in [7, 11) is 0. The van der Waals surface area contributed by atoms with E-state index in [1.54, 1.807) is 0 Å². The molecule has 0 aliphatic rings. The maximum atomic E-state index is 13.3. The van der Waals surface area contributed by atoms with Gasteiger partial charge in [-0.3, -0.25) is 0 Å². The van der Waals surface area contributed by atoms with Crippen LogP contribution in [0, 0.1) is 5.82 Å². The van der Waals surface area contributed by atoms with Crippen molar-refractivity contribution < 1.29 is 17.6 Å². The second-order valence-corrected chi connectivity index (χ2v) is 5.22. The Bertz CT molecular complexity index is 671. The molecule has 2 rings (SSSR count). The molecular weight excluding hydrogens is 329 g/mol. The van der Waals surface area contributed by atoms with Gasteiger partial charge in [0.1, 0.15) is 5.82 Å². The van der Waals surface area contributed by atoms with Gasteiger partial charge in [0, 0.05) is 10.0 Å². The van der Waals surface area contributed by atoms with E-state index in [2.05, 4.69) is 0 Å². The van der Waals surface area contributed by atoms with Crippen molar-refractivity contribution >= 4 is 23.2 Å². The van der Waals surface area contributed by atoms with Crippen molar-refractivity contribution in [2.45, 2.75) is 12.2 Å². The third kappa shape index (κ3) is 3.48. The third-order valence-electron chi connectivity index (χ3n) is 2.95. The van der Waals surface area contributed by atoms with Crippen LogP contribution in [0.2, 0.25) is 10.0 Å². The molecule has 2 aromatic rings. The largest absolute Gasteiger partial charge is 0.419 e. The molecule has 0 radical (unpaired) electrons. The third-order valence-corrected chi connectivity index (χ3v) is 3.53. The Labute approximate surface area is 128 Å². The standard InChI is InChI=1S/C14H9Cl2F4N/c15-8-2-3-11(16)9(6-8)13(21)7-1-4-12(17)10(5-7)14(18,19)20/h1-6,13H,21H2. The Morgan fingerprint density at radius 3 is 2.29 bits per heavy atom. The van der Waals surface area contributed by atoms with Crippen molar-refractivity contribution in [3.63, 3.8) is 0 Å². The molecule has 2 aromatic carbocycles. The Balaban J connectivity index is 2.49. The van der Waals surface area contributed by atoms with Gasteiger partial charge in [0.15, 0.2) is 0 Å². The van der Waals surface area contributed by atoms with Crippen LogP contribution in [0.1, 0.15) is 22.7 Å². The van der Waals surface area contributed by atoms with Crippen molar-refractivity contribution in [3.8, 4) is 0 Å². The molecule has 0 aliphatic heterocycles. The average Bonchev–Trinajstić information content (AvgIpc) is 2.40. The van der Waals surface area contributed by atoms with E-state index in [-0.39, 0.29) is 10.6 Å². The van der Waals surface area contributed by atoms with E-state index < -0.39 is 23.6 Å². The summed E-state index contributed by atoms with van der Waals surface area (Å²) in [6.45, 7) is 0. The van der Waals surface area contributed by atoms with Gasteiger partial charge in [-0.05, 0) is 41.5 Å². The summed E-state index contributed by atoms with van der Waals surface area (Å²) in [6.07, 6.45) is -4.79. The van der Waals surface area contributed by atoms with E-state index in [1.807, 2.05) is 0 Å². The van der Waals surface area contributed by atoms with E-state index in [0.717, 1.165) is 6.07 Å². The maximum absolute atomic E-state index is 13.3. The monoisotopic (exact) mass is 337 g/mol.